The third-order valence-electron chi connectivity index (χ3n) is 5.81. The van der Waals surface area contributed by atoms with Crippen LogP contribution in [0.4, 0.5) is 0 Å². The smallest absolute Gasteiger partial charge is 0.191 e. The SMILES string of the molecule is CN=C(NCc1ccc(OC)c(OC)c1)NCC(C)(C)N1CCc2ccccc2C1. The third kappa shape index (κ3) is 5.25. The van der Waals surface area contributed by atoms with E-state index in [0.717, 1.165) is 49.1 Å². The van der Waals surface area contributed by atoms with Gasteiger partial charge in [0.15, 0.2) is 17.5 Å². The van der Waals surface area contributed by atoms with Crippen molar-refractivity contribution in [2.75, 3.05) is 34.4 Å². The Morgan fingerprint density at radius 1 is 1.03 bits per heavy atom. The van der Waals surface area contributed by atoms with Crippen LogP contribution in [0, 0.1) is 0 Å². The first-order valence-corrected chi connectivity index (χ1v) is 10.4. The van der Waals surface area contributed by atoms with Crippen LogP contribution < -0.4 is 20.1 Å². The molecule has 0 unspecified atom stereocenters. The second-order valence-electron chi connectivity index (χ2n) is 8.22. The summed E-state index contributed by atoms with van der Waals surface area (Å²) in [5.41, 5.74) is 4.02. The zero-order valence-corrected chi connectivity index (χ0v) is 18.8. The van der Waals surface area contributed by atoms with Crippen molar-refractivity contribution < 1.29 is 9.47 Å². The molecule has 1 heterocycles. The summed E-state index contributed by atoms with van der Waals surface area (Å²) in [5.74, 6) is 2.25. The Morgan fingerprint density at radius 3 is 2.47 bits per heavy atom. The molecule has 6 nitrogen and oxygen atoms in total. The Labute approximate surface area is 180 Å². The van der Waals surface area contributed by atoms with Gasteiger partial charge in [0.25, 0.3) is 0 Å². The van der Waals surface area contributed by atoms with Crippen LogP contribution in [0.3, 0.4) is 0 Å². The van der Waals surface area contributed by atoms with Gasteiger partial charge in [-0.2, -0.15) is 0 Å². The van der Waals surface area contributed by atoms with Crippen LogP contribution in [0.1, 0.15) is 30.5 Å². The molecule has 0 spiro atoms. The Morgan fingerprint density at radius 2 is 1.77 bits per heavy atom. The summed E-state index contributed by atoms with van der Waals surface area (Å²) >= 11 is 0. The highest BCUT2D eigenvalue weighted by Gasteiger charge is 2.29. The molecule has 3 rings (SSSR count). The Bertz CT molecular complexity index is 879. The number of hydrogen-bond donors (Lipinski definition) is 2. The van der Waals surface area contributed by atoms with E-state index in [1.165, 1.54) is 11.1 Å². The summed E-state index contributed by atoms with van der Waals surface area (Å²) in [6.07, 6.45) is 1.10. The van der Waals surface area contributed by atoms with E-state index in [1.54, 1.807) is 21.3 Å². The highest BCUT2D eigenvalue weighted by Crippen LogP contribution is 2.27. The lowest BCUT2D eigenvalue weighted by atomic mass is 9.94. The number of rotatable bonds is 7. The minimum atomic E-state index is 0.00842. The van der Waals surface area contributed by atoms with Gasteiger partial charge in [0.05, 0.1) is 14.2 Å². The molecule has 1 aliphatic rings. The van der Waals surface area contributed by atoms with Crippen molar-refractivity contribution in [1.82, 2.24) is 15.5 Å². The van der Waals surface area contributed by atoms with Crippen molar-refractivity contribution in [2.24, 2.45) is 4.99 Å². The molecule has 0 aromatic heterocycles. The van der Waals surface area contributed by atoms with Crippen molar-refractivity contribution in [1.29, 1.82) is 0 Å². The van der Waals surface area contributed by atoms with Gasteiger partial charge in [-0.3, -0.25) is 9.89 Å². The molecule has 0 saturated heterocycles. The number of nitrogens with zero attached hydrogens (tertiary/aromatic N) is 2. The summed E-state index contributed by atoms with van der Waals surface area (Å²) in [7, 11) is 5.09. The monoisotopic (exact) mass is 410 g/mol. The summed E-state index contributed by atoms with van der Waals surface area (Å²) in [6, 6.07) is 14.7. The number of guanidine groups is 1. The highest BCUT2D eigenvalue weighted by atomic mass is 16.5. The van der Waals surface area contributed by atoms with E-state index < -0.39 is 0 Å². The van der Waals surface area contributed by atoms with Crippen LogP contribution in [0.5, 0.6) is 11.5 Å². The molecule has 0 radical (unpaired) electrons. The minimum Gasteiger partial charge on any atom is -0.493 e. The van der Waals surface area contributed by atoms with Crippen LogP contribution in [0.25, 0.3) is 0 Å². The molecule has 2 aromatic carbocycles. The quantitative estimate of drug-likeness (QED) is 0.542. The average Bonchev–Trinajstić information content (AvgIpc) is 2.78. The number of hydrogen-bond acceptors (Lipinski definition) is 4. The van der Waals surface area contributed by atoms with Crippen molar-refractivity contribution in [3.8, 4) is 11.5 Å². The number of methoxy groups -OCH3 is 2. The van der Waals surface area contributed by atoms with Crippen LogP contribution in [-0.4, -0.2) is 50.8 Å². The van der Waals surface area contributed by atoms with Crippen LogP contribution in [-0.2, 0) is 19.5 Å². The summed E-state index contributed by atoms with van der Waals surface area (Å²) in [4.78, 5) is 6.93. The maximum absolute atomic E-state index is 5.39. The van der Waals surface area contributed by atoms with Gasteiger partial charge in [0.2, 0.25) is 0 Å². The van der Waals surface area contributed by atoms with Gasteiger partial charge in [-0.25, -0.2) is 0 Å². The normalized spacial score (nSPS) is 14.8. The fourth-order valence-electron chi connectivity index (χ4n) is 3.82. The second kappa shape index (κ2) is 9.85. The molecule has 2 N–H and O–H groups in total. The summed E-state index contributed by atoms with van der Waals surface area (Å²) < 4.78 is 10.7. The molecule has 0 saturated carbocycles. The molecular weight excluding hydrogens is 376 g/mol. The van der Waals surface area contributed by atoms with E-state index in [1.807, 2.05) is 18.2 Å². The lowest BCUT2D eigenvalue weighted by Crippen LogP contribution is -2.54. The Hall–Kier alpha value is -2.73. The number of nitrogens with one attached hydrogen (secondary N) is 2. The number of ether oxygens (including phenoxy) is 2. The standard InChI is InChI=1S/C24H34N4O2/c1-24(2,28-13-12-19-8-6-7-9-20(19)16-28)17-27-23(25-3)26-15-18-10-11-21(29-4)22(14-18)30-5/h6-11,14H,12-13,15-17H2,1-5H3,(H2,25,26,27). The topological polar surface area (TPSA) is 58.1 Å². The first-order valence-electron chi connectivity index (χ1n) is 10.4. The van der Waals surface area contributed by atoms with Gasteiger partial charge < -0.3 is 20.1 Å². The van der Waals surface area contributed by atoms with Crippen LogP contribution in [0.2, 0.25) is 0 Å². The van der Waals surface area contributed by atoms with Crippen LogP contribution >= 0.6 is 0 Å². The summed E-state index contributed by atoms with van der Waals surface area (Å²) in [5, 5.41) is 6.88. The first kappa shape index (κ1) is 22.0. The van der Waals surface area contributed by atoms with E-state index >= 15 is 0 Å². The second-order valence-corrected chi connectivity index (χ2v) is 8.22. The van der Waals surface area contributed by atoms with Crippen molar-refractivity contribution in [2.45, 2.75) is 38.9 Å². The molecule has 2 aromatic rings. The summed E-state index contributed by atoms with van der Waals surface area (Å²) in [6.45, 7) is 8.09. The van der Waals surface area contributed by atoms with Gasteiger partial charge >= 0.3 is 0 Å². The Kier molecular flexibility index (Phi) is 7.21. The number of benzene rings is 2. The molecule has 162 valence electrons. The minimum absolute atomic E-state index is 0.00842. The van der Waals surface area contributed by atoms with Gasteiger partial charge in [0, 0.05) is 38.8 Å². The molecule has 6 heteroatoms. The van der Waals surface area contributed by atoms with Crippen molar-refractivity contribution >= 4 is 5.96 Å². The molecule has 0 amide bonds. The van der Waals surface area contributed by atoms with E-state index in [9.17, 15) is 0 Å². The molecular formula is C24H34N4O2. The van der Waals surface area contributed by atoms with E-state index in [4.69, 9.17) is 9.47 Å². The fourth-order valence-corrected chi connectivity index (χ4v) is 3.82. The molecule has 1 aliphatic heterocycles. The third-order valence-corrected chi connectivity index (χ3v) is 5.81. The van der Waals surface area contributed by atoms with Gasteiger partial charge in [-0.15, -0.1) is 0 Å². The lowest BCUT2D eigenvalue weighted by molar-refractivity contribution is 0.107. The zero-order chi connectivity index (χ0) is 21.6. The van der Waals surface area contributed by atoms with E-state index in [0.29, 0.717) is 6.54 Å². The molecule has 0 atom stereocenters. The van der Waals surface area contributed by atoms with Gasteiger partial charge in [-0.05, 0) is 49.1 Å². The first-order chi connectivity index (χ1) is 14.5. The predicted molar refractivity (Wildman–Crippen MR) is 122 cm³/mol. The molecule has 0 fully saturated rings. The van der Waals surface area contributed by atoms with Crippen molar-refractivity contribution in [3.63, 3.8) is 0 Å². The zero-order valence-electron chi connectivity index (χ0n) is 18.8. The molecule has 0 bridgehead atoms. The predicted octanol–water partition coefficient (Wildman–Crippen LogP) is 3.21. The maximum Gasteiger partial charge on any atom is 0.191 e. The van der Waals surface area contributed by atoms with Gasteiger partial charge in [0.1, 0.15) is 0 Å². The average molecular weight is 411 g/mol. The molecule has 0 aliphatic carbocycles. The molecule has 30 heavy (non-hydrogen) atoms. The lowest BCUT2D eigenvalue weighted by Gasteiger charge is -2.42. The van der Waals surface area contributed by atoms with E-state index in [2.05, 4.69) is 58.6 Å². The van der Waals surface area contributed by atoms with Crippen molar-refractivity contribution in [3.05, 3.63) is 59.2 Å². The number of aliphatic imine (C=N–C) groups is 1. The number of fused-ring (bicyclic) bond motifs is 1. The largest absolute Gasteiger partial charge is 0.493 e. The Balaban J connectivity index is 1.55. The maximum atomic E-state index is 5.39. The fraction of sp³-hybridized carbons (Fsp3) is 0.458. The van der Waals surface area contributed by atoms with Crippen LogP contribution in [0.15, 0.2) is 47.5 Å². The van der Waals surface area contributed by atoms with Gasteiger partial charge in [-0.1, -0.05) is 30.3 Å². The van der Waals surface area contributed by atoms with E-state index in [-0.39, 0.29) is 5.54 Å². The highest BCUT2D eigenvalue weighted by molar-refractivity contribution is 5.79.